The number of rotatable bonds is 5. The first kappa shape index (κ1) is 12.7. The molecule has 1 amide bonds. The van der Waals surface area contributed by atoms with Gasteiger partial charge in [-0.25, -0.2) is 0 Å². The molecule has 0 aromatic carbocycles. The van der Waals surface area contributed by atoms with Crippen molar-refractivity contribution in [2.75, 3.05) is 19.0 Å². The Morgan fingerprint density at radius 2 is 2.38 bits per heavy atom. The zero-order valence-electron chi connectivity index (χ0n) is 9.78. The van der Waals surface area contributed by atoms with E-state index in [2.05, 4.69) is 15.5 Å². The van der Waals surface area contributed by atoms with Crippen LogP contribution in [0.4, 0.5) is 5.82 Å². The largest absolute Gasteiger partial charge is 0.370 e. The van der Waals surface area contributed by atoms with Gasteiger partial charge in [-0.15, -0.1) is 0 Å². The summed E-state index contributed by atoms with van der Waals surface area (Å²) in [4.78, 5) is 11.6. The molecule has 0 spiro atoms. The lowest BCUT2D eigenvalue weighted by molar-refractivity contribution is -0.125. The molecule has 0 aliphatic heterocycles. The van der Waals surface area contributed by atoms with Crippen LogP contribution in [-0.4, -0.2) is 35.9 Å². The number of carbonyl (C=O) groups excluding carboxylic acids is 1. The summed E-state index contributed by atoms with van der Waals surface area (Å²) >= 11 is 0. The van der Waals surface area contributed by atoms with Crippen LogP contribution in [0.25, 0.3) is 0 Å². The Morgan fingerprint density at radius 3 is 2.81 bits per heavy atom. The van der Waals surface area contributed by atoms with E-state index in [1.807, 2.05) is 13.8 Å². The van der Waals surface area contributed by atoms with Crippen LogP contribution in [0.15, 0.2) is 6.07 Å². The van der Waals surface area contributed by atoms with Crippen molar-refractivity contribution in [2.45, 2.75) is 25.9 Å². The number of carbonyl (C=O) groups is 1. The van der Waals surface area contributed by atoms with Crippen molar-refractivity contribution in [3.8, 4) is 0 Å². The summed E-state index contributed by atoms with van der Waals surface area (Å²) in [5.41, 5.74) is 6.35. The molecule has 1 rings (SSSR count). The molecule has 0 saturated carbocycles. The average Bonchev–Trinajstić information content (AvgIpc) is 2.68. The first-order chi connectivity index (χ1) is 7.58. The predicted molar refractivity (Wildman–Crippen MR) is 61.2 cm³/mol. The van der Waals surface area contributed by atoms with Crippen LogP contribution in [0.2, 0.25) is 0 Å². The van der Waals surface area contributed by atoms with Gasteiger partial charge in [0.1, 0.15) is 6.10 Å². The summed E-state index contributed by atoms with van der Waals surface area (Å²) in [6, 6.07) is 1.80. The Morgan fingerprint density at radius 1 is 1.69 bits per heavy atom. The molecule has 0 fully saturated rings. The van der Waals surface area contributed by atoms with Crippen molar-refractivity contribution < 1.29 is 9.53 Å². The summed E-state index contributed by atoms with van der Waals surface area (Å²) in [7, 11) is 1.45. The average molecular weight is 226 g/mol. The van der Waals surface area contributed by atoms with Crippen LogP contribution in [0, 0.1) is 0 Å². The van der Waals surface area contributed by atoms with Crippen LogP contribution in [-0.2, 0) is 9.53 Å². The number of hydrogen-bond acceptors (Lipinski definition) is 4. The van der Waals surface area contributed by atoms with E-state index in [0.29, 0.717) is 11.7 Å². The number of H-pyrrole nitrogens is 1. The van der Waals surface area contributed by atoms with Crippen LogP contribution < -0.4 is 11.1 Å². The Labute approximate surface area is 94.5 Å². The van der Waals surface area contributed by atoms with Crippen LogP contribution >= 0.6 is 0 Å². The van der Waals surface area contributed by atoms with E-state index in [4.69, 9.17) is 10.5 Å². The fourth-order valence-corrected chi connectivity index (χ4v) is 1.21. The molecule has 1 unspecified atom stereocenters. The fraction of sp³-hybridized carbons (Fsp3) is 0.600. The van der Waals surface area contributed by atoms with Gasteiger partial charge in [0.2, 0.25) is 0 Å². The second kappa shape index (κ2) is 5.62. The fourth-order valence-electron chi connectivity index (χ4n) is 1.21. The maximum Gasteiger partial charge on any atom is 0.256 e. The smallest absolute Gasteiger partial charge is 0.256 e. The number of aromatic nitrogens is 2. The molecule has 6 nitrogen and oxygen atoms in total. The van der Waals surface area contributed by atoms with E-state index in [1.54, 1.807) is 6.07 Å². The van der Waals surface area contributed by atoms with E-state index in [9.17, 15) is 4.79 Å². The third kappa shape index (κ3) is 3.04. The zero-order chi connectivity index (χ0) is 12.1. The quantitative estimate of drug-likeness (QED) is 0.679. The number of ether oxygens (including phenoxy) is 1. The van der Waals surface area contributed by atoms with Gasteiger partial charge >= 0.3 is 0 Å². The number of methoxy groups -OCH3 is 1. The maximum absolute atomic E-state index is 11.6. The highest BCUT2D eigenvalue weighted by Crippen LogP contribution is 2.14. The zero-order valence-corrected chi connectivity index (χ0v) is 9.78. The number of nitrogens with two attached hydrogens (primary N) is 1. The molecule has 0 aliphatic rings. The molecule has 4 N–H and O–H groups in total. The molecule has 0 saturated heterocycles. The summed E-state index contributed by atoms with van der Waals surface area (Å²) in [5, 5.41) is 9.46. The highest BCUT2D eigenvalue weighted by molar-refractivity contribution is 5.93. The number of anilines is 1. The SMILES string of the molecule is COC(CN)C(=O)Nc1cc(C(C)C)[nH]n1. The standard InChI is InChI=1S/C10H18N4O2/c1-6(2)7-4-9(14-13-7)12-10(15)8(5-11)16-3/h4,6,8H,5,11H2,1-3H3,(H2,12,13,14,15). The Balaban J connectivity index is 2.62. The van der Waals surface area contributed by atoms with Crippen LogP contribution in [0.1, 0.15) is 25.5 Å². The molecule has 1 aromatic rings. The van der Waals surface area contributed by atoms with Gasteiger partial charge in [0.25, 0.3) is 5.91 Å². The van der Waals surface area contributed by atoms with Crippen LogP contribution in [0.3, 0.4) is 0 Å². The van der Waals surface area contributed by atoms with Gasteiger partial charge < -0.3 is 15.8 Å². The minimum absolute atomic E-state index is 0.143. The summed E-state index contributed by atoms with van der Waals surface area (Å²) in [5.74, 6) is 0.543. The van der Waals surface area contributed by atoms with Gasteiger partial charge in [0, 0.05) is 25.4 Å². The number of aromatic amines is 1. The minimum atomic E-state index is -0.640. The van der Waals surface area contributed by atoms with Crippen molar-refractivity contribution in [3.63, 3.8) is 0 Å². The molecule has 1 aromatic heterocycles. The monoisotopic (exact) mass is 226 g/mol. The molecule has 16 heavy (non-hydrogen) atoms. The second-order valence-electron chi connectivity index (χ2n) is 3.81. The van der Waals surface area contributed by atoms with Crippen molar-refractivity contribution >= 4 is 11.7 Å². The predicted octanol–water partition coefficient (Wildman–Crippen LogP) is 0.445. The van der Waals surface area contributed by atoms with Gasteiger partial charge in [-0.1, -0.05) is 13.8 Å². The Kier molecular flexibility index (Phi) is 4.45. The van der Waals surface area contributed by atoms with Gasteiger partial charge in [0.05, 0.1) is 0 Å². The lowest BCUT2D eigenvalue weighted by atomic mass is 10.1. The third-order valence-corrected chi connectivity index (χ3v) is 2.26. The lowest BCUT2D eigenvalue weighted by Crippen LogP contribution is -2.36. The summed E-state index contributed by atoms with van der Waals surface area (Å²) in [6.07, 6.45) is -0.640. The molecule has 1 heterocycles. The minimum Gasteiger partial charge on any atom is -0.370 e. The van der Waals surface area contributed by atoms with Crippen LogP contribution in [0.5, 0.6) is 0 Å². The van der Waals surface area contributed by atoms with Crippen molar-refractivity contribution in [1.82, 2.24) is 10.2 Å². The first-order valence-electron chi connectivity index (χ1n) is 5.17. The lowest BCUT2D eigenvalue weighted by Gasteiger charge is -2.11. The first-order valence-corrected chi connectivity index (χ1v) is 5.17. The van der Waals surface area contributed by atoms with E-state index >= 15 is 0 Å². The second-order valence-corrected chi connectivity index (χ2v) is 3.81. The van der Waals surface area contributed by atoms with Crippen molar-refractivity contribution in [2.24, 2.45) is 5.73 Å². The molecule has 6 heteroatoms. The normalized spacial score (nSPS) is 12.8. The van der Waals surface area contributed by atoms with Gasteiger partial charge in [-0.05, 0) is 5.92 Å². The topological polar surface area (TPSA) is 93.0 Å². The molecule has 1 atom stereocenters. The van der Waals surface area contributed by atoms with Gasteiger partial charge in [-0.2, -0.15) is 5.10 Å². The van der Waals surface area contributed by atoms with E-state index in [0.717, 1.165) is 5.69 Å². The van der Waals surface area contributed by atoms with E-state index in [1.165, 1.54) is 7.11 Å². The molecule has 0 bridgehead atoms. The number of nitrogens with one attached hydrogen (secondary N) is 2. The van der Waals surface area contributed by atoms with Gasteiger partial charge in [-0.3, -0.25) is 9.89 Å². The summed E-state index contributed by atoms with van der Waals surface area (Å²) < 4.78 is 4.91. The molecule has 0 radical (unpaired) electrons. The van der Waals surface area contributed by atoms with E-state index < -0.39 is 6.10 Å². The van der Waals surface area contributed by atoms with E-state index in [-0.39, 0.29) is 12.5 Å². The molecule has 90 valence electrons. The highest BCUT2D eigenvalue weighted by atomic mass is 16.5. The Bertz CT molecular complexity index is 344. The van der Waals surface area contributed by atoms with Gasteiger partial charge in [0.15, 0.2) is 5.82 Å². The number of nitrogens with zero attached hydrogens (tertiary/aromatic N) is 1. The van der Waals surface area contributed by atoms with Crippen molar-refractivity contribution in [3.05, 3.63) is 11.8 Å². The van der Waals surface area contributed by atoms with Crippen molar-refractivity contribution in [1.29, 1.82) is 0 Å². The molecular formula is C10H18N4O2. The molecule has 0 aliphatic carbocycles. The third-order valence-electron chi connectivity index (χ3n) is 2.26. The molecular weight excluding hydrogens is 208 g/mol. The maximum atomic E-state index is 11.6. The summed E-state index contributed by atoms with van der Waals surface area (Å²) in [6.45, 7) is 4.22. The highest BCUT2D eigenvalue weighted by Gasteiger charge is 2.17. The number of amides is 1. The number of hydrogen-bond donors (Lipinski definition) is 3. The Hall–Kier alpha value is -1.40.